The Kier molecular flexibility index (Phi) is 3.76. The third-order valence-electron chi connectivity index (χ3n) is 2.27. The summed E-state index contributed by atoms with van der Waals surface area (Å²) in [7, 11) is 0. The van der Waals surface area contributed by atoms with Gasteiger partial charge in [-0.1, -0.05) is 23.9 Å². The van der Waals surface area contributed by atoms with E-state index in [2.05, 4.69) is 4.98 Å². The van der Waals surface area contributed by atoms with E-state index < -0.39 is 10.9 Å². The number of aromatic carboxylic acids is 1. The minimum atomic E-state index is -1.08. The first kappa shape index (κ1) is 13.0. The third kappa shape index (κ3) is 2.89. The number of hydrogen-bond acceptors (Lipinski definition) is 5. The summed E-state index contributed by atoms with van der Waals surface area (Å²) in [5.41, 5.74) is -0.0554. The molecule has 1 aromatic heterocycles. The fraction of sp³-hybridized carbons (Fsp3) is 0. The second-order valence-corrected chi connectivity index (χ2v) is 4.52. The number of hydrogen-bond donors (Lipinski definition) is 1. The van der Waals surface area contributed by atoms with Crippen LogP contribution in [-0.4, -0.2) is 21.0 Å². The van der Waals surface area contributed by atoms with Crippen molar-refractivity contribution in [3.63, 3.8) is 0 Å². The Morgan fingerprint density at radius 1 is 1.26 bits per heavy atom. The van der Waals surface area contributed by atoms with Gasteiger partial charge < -0.3 is 5.11 Å². The quantitative estimate of drug-likeness (QED) is 0.681. The molecule has 1 aromatic carbocycles. The second-order valence-electron chi connectivity index (χ2n) is 3.49. The molecule has 1 N–H and O–H groups in total. The van der Waals surface area contributed by atoms with E-state index in [4.69, 9.17) is 5.11 Å². The molecule has 0 aliphatic rings. The van der Waals surface area contributed by atoms with Crippen molar-refractivity contribution in [3.8, 4) is 0 Å². The second kappa shape index (κ2) is 5.49. The number of nitro groups is 1. The lowest BCUT2D eigenvalue weighted by molar-refractivity contribution is -0.388. The van der Waals surface area contributed by atoms with Crippen LogP contribution in [0.3, 0.4) is 0 Å². The van der Waals surface area contributed by atoms with Crippen LogP contribution >= 0.6 is 11.8 Å². The fourth-order valence-corrected chi connectivity index (χ4v) is 2.42. The van der Waals surface area contributed by atoms with Crippen molar-refractivity contribution in [3.05, 3.63) is 58.3 Å². The molecular formula is C12H8N2O4S. The molecule has 2 rings (SSSR count). The van der Waals surface area contributed by atoms with Crippen molar-refractivity contribution >= 4 is 23.4 Å². The molecule has 0 saturated heterocycles. The predicted octanol–water partition coefficient (Wildman–Crippen LogP) is 2.84. The predicted molar refractivity (Wildman–Crippen MR) is 68.4 cm³/mol. The van der Waals surface area contributed by atoms with E-state index in [-0.39, 0.29) is 16.3 Å². The maximum atomic E-state index is 11.1. The highest BCUT2D eigenvalue weighted by Gasteiger charge is 2.18. The summed E-state index contributed by atoms with van der Waals surface area (Å²) in [5.74, 6) is -1.08. The number of benzene rings is 1. The van der Waals surface area contributed by atoms with Gasteiger partial charge in [-0.15, -0.1) is 0 Å². The van der Waals surface area contributed by atoms with Gasteiger partial charge in [0.05, 0.1) is 10.5 Å². The lowest BCUT2D eigenvalue weighted by Crippen LogP contribution is -1.99. The van der Waals surface area contributed by atoms with Crippen molar-refractivity contribution in [1.82, 2.24) is 4.98 Å². The van der Waals surface area contributed by atoms with E-state index in [1.54, 1.807) is 18.2 Å². The van der Waals surface area contributed by atoms with Gasteiger partial charge in [-0.25, -0.2) is 9.78 Å². The number of nitrogens with zero attached hydrogens (tertiary/aromatic N) is 2. The van der Waals surface area contributed by atoms with Crippen molar-refractivity contribution in [1.29, 1.82) is 0 Å². The third-order valence-corrected chi connectivity index (χ3v) is 3.36. The summed E-state index contributed by atoms with van der Waals surface area (Å²) in [4.78, 5) is 25.7. The van der Waals surface area contributed by atoms with E-state index in [9.17, 15) is 14.9 Å². The maximum absolute atomic E-state index is 11.1. The highest BCUT2D eigenvalue weighted by molar-refractivity contribution is 7.99. The van der Waals surface area contributed by atoms with Crippen molar-refractivity contribution in [2.45, 2.75) is 9.92 Å². The Balaban J connectivity index is 2.42. The fourth-order valence-electron chi connectivity index (χ4n) is 1.44. The molecule has 1 heterocycles. The van der Waals surface area contributed by atoms with Gasteiger partial charge in [0.2, 0.25) is 0 Å². The summed E-state index contributed by atoms with van der Waals surface area (Å²) < 4.78 is 0. The van der Waals surface area contributed by atoms with Gasteiger partial charge in [-0.3, -0.25) is 10.1 Å². The highest BCUT2D eigenvalue weighted by atomic mass is 32.2. The average molecular weight is 276 g/mol. The van der Waals surface area contributed by atoms with Crippen LogP contribution in [0.4, 0.5) is 5.69 Å². The van der Waals surface area contributed by atoms with Gasteiger partial charge in [-0.2, -0.15) is 0 Å². The van der Waals surface area contributed by atoms with E-state index in [0.29, 0.717) is 4.90 Å². The standard InChI is InChI=1S/C12H8N2O4S/c15-12(16)8-4-1-2-6-10(8)19-11-9(14(17)18)5-3-7-13-11/h1-7H,(H,15,16). The van der Waals surface area contributed by atoms with Gasteiger partial charge in [0, 0.05) is 17.2 Å². The van der Waals surface area contributed by atoms with Crippen LogP contribution in [0.15, 0.2) is 52.5 Å². The smallest absolute Gasteiger partial charge is 0.336 e. The Bertz CT molecular complexity index is 590. The van der Waals surface area contributed by atoms with Crippen molar-refractivity contribution in [2.24, 2.45) is 0 Å². The van der Waals surface area contributed by atoms with Gasteiger partial charge in [0.15, 0.2) is 5.03 Å². The summed E-state index contributed by atoms with van der Waals surface area (Å²) in [6.45, 7) is 0. The molecule has 0 spiro atoms. The number of pyridine rings is 1. The molecule has 0 saturated carbocycles. The molecule has 0 atom stereocenters. The van der Waals surface area contributed by atoms with Crippen LogP contribution in [0.1, 0.15) is 10.4 Å². The normalized spacial score (nSPS) is 10.1. The van der Waals surface area contributed by atoms with Crippen LogP contribution in [-0.2, 0) is 0 Å². The minimum absolute atomic E-state index is 0.0902. The minimum Gasteiger partial charge on any atom is -0.478 e. The number of carboxylic acid groups (broad SMARTS) is 1. The Labute approximate surface area is 112 Å². The molecule has 19 heavy (non-hydrogen) atoms. The highest BCUT2D eigenvalue weighted by Crippen LogP contribution is 2.34. The zero-order valence-electron chi connectivity index (χ0n) is 9.52. The first-order chi connectivity index (χ1) is 9.09. The maximum Gasteiger partial charge on any atom is 0.336 e. The largest absolute Gasteiger partial charge is 0.478 e. The summed E-state index contributed by atoms with van der Waals surface area (Å²) >= 11 is 0.964. The van der Waals surface area contributed by atoms with E-state index >= 15 is 0 Å². The lowest BCUT2D eigenvalue weighted by Gasteiger charge is -2.04. The van der Waals surface area contributed by atoms with Gasteiger partial charge in [-0.05, 0) is 18.2 Å². The molecule has 6 nitrogen and oxygen atoms in total. The summed E-state index contributed by atoms with van der Waals surface area (Å²) in [6.07, 6.45) is 1.43. The van der Waals surface area contributed by atoms with Crippen LogP contribution in [0.25, 0.3) is 0 Å². The molecular weight excluding hydrogens is 268 g/mol. The van der Waals surface area contributed by atoms with Gasteiger partial charge in [0.25, 0.3) is 0 Å². The molecule has 0 aliphatic carbocycles. The van der Waals surface area contributed by atoms with Crippen LogP contribution in [0, 0.1) is 10.1 Å². The SMILES string of the molecule is O=C(O)c1ccccc1Sc1ncccc1[N+](=O)[O-]. The van der Waals surface area contributed by atoms with Crippen LogP contribution in [0.5, 0.6) is 0 Å². The molecule has 0 unspecified atom stereocenters. The lowest BCUT2D eigenvalue weighted by atomic mass is 10.2. The Morgan fingerprint density at radius 2 is 2.00 bits per heavy atom. The molecule has 0 amide bonds. The summed E-state index contributed by atoms with van der Waals surface area (Å²) in [6, 6.07) is 9.10. The first-order valence-corrected chi connectivity index (χ1v) is 6.01. The monoisotopic (exact) mass is 276 g/mol. The zero-order chi connectivity index (χ0) is 13.8. The average Bonchev–Trinajstić information content (AvgIpc) is 2.39. The number of carbonyl (C=O) groups is 1. The zero-order valence-corrected chi connectivity index (χ0v) is 10.3. The molecule has 0 radical (unpaired) electrons. The molecule has 7 heteroatoms. The van der Waals surface area contributed by atoms with Crippen molar-refractivity contribution in [2.75, 3.05) is 0 Å². The van der Waals surface area contributed by atoms with E-state index in [0.717, 1.165) is 11.8 Å². The van der Waals surface area contributed by atoms with Crippen LogP contribution in [0.2, 0.25) is 0 Å². The van der Waals surface area contributed by atoms with E-state index in [1.165, 1.54) is 24.4 Å². The Hall–Kier alpha value is -2.41. The molecule has 0 fully saturated rings. The van der Waals surface area contributed by atoms with Crippen LogP contribution < -0.4 is 0 Å². The number of rotatable bonds is 4. The molecule has 0 bridgehead atoms. The van der Waals surface area contributed by atoms with Gasteiger partial charge >= 0.3 is 11.7 Å². The molecule has 0 aliphatic heterocycles. The van der Waals surface area contributed by atoms with Gasteiger partial charge in [0.1, 0.15) is 0 Å². The molecule has 96 valence electrons. The number of aromatic nitrogens is 1. The Morgan fingerprint density at radius 3 is 2.68 bits per heavy atom. The molecule has 2 aromatic rings. The summed E-state index contributed by atoms with van der Waals surface area (Å²) in [5, 5.41) is 20.1. The first-order valence-electron chi connectivity index (χ1n) is 5.19. The van der Waals surface area contributed by atoms with Crippen molar-refractivity contribution < 1.29 is 14.8 Å². The number of carboxylic acids is 1. The van der Waals surface area contributed by atoms with E-state index in [1.807, 2.05) is 0 Å². The topological polar surface area (TPSA) is 93.3 Å².